The smallest absolute Gasteiger partial charge is 0.356 e. The average Bonchev–Trinajstić information content (AvgIpc) is 3.20. The van der Waals surface area contributed by atoms with E-state index >= 15 is 0 Å². The molecule has 3 heterocycles. The first-order valence-corrected chi connectivity index (χ1v) is 10.9. The summed E-state index contributed by atoms with van der Waals surface area (Å²) >= 11 is 0. The van der Waals surface area contributed by atoms with E-state index in [2.05, 4.69) is 10.4 Å². The van der Waals surface area contributed by atoms with Gasteiger partial charge in [0.25, 0.3) is 11.5 Å². The summed E-state index contributed by atoms with van der Waals surface area (Å²) in [5.74, 6) is -1.25. The third-order valence-electron chi connectivity index (χ3n) is 7.20. The number of halogens is 3. The van der Waals surface area contributed by atoms with Gasteiger partial charge in [-0.2, -0.15) is 18.3 Å². The predicted molar refractivity (Wildman–Crippen MR) is 113 cm³/mol. The second kappa shape index (κ2) is 8.48. The van der Waals surface area contributed by atoms with Crippen molar-refractivity contribution in [2.75, 3.05) is 26.7 Å². The number of carbonyl (C=O) groups is 2. The van der Waals surface area contributed by atoms with E-state index < -0.39 is 23.1 Å². The molecule has 178 valence electrons. The second-order valence-electron chi connectivity index (χ2n) is 8.82. The Kier molecular flexibility index (Phi) is 5.98. The number of hydrogen-bond acceptors (Lipinski definition) is 4. The summed E-state index contributed by atoms with van der Waals surface area (Å²) in [6, 6.07) is 8.89. The molecule has 7 nitrogen and oxygen atoms in total. The zero-order chi connectivity index (χ0) is 23.9. The molecular formula is C23H27F3N4O3. The van der Waals surface area contributed by atoms with Crippen molar-refractivity contribution in [3.63, 3.8) is 0 Å². The summed E-state index contributed by atoms with van der Waals surface area (Å²) in [5, 5.41) is 7.13. The molecule has 2 atom stereocenters. The Morgan fingerprint density at radius 1 is 1.18 bits per heavy atom. The first kappa shape index (κ1) is 23.3. The van der Waals surface area contributed by atoms with Crippen molar-refractivity contribution in [1.82, 2.24) is 20.0 Å². The number of benzene rings is 1. The van der Waals surface area contributed by atoms with Gasteiger partial charge in [-0.25, -0.2) is 0 Å². The lowest BCUT2D eigenvalue weighted by molar-refractivity contribution is -0.271. The van der Waals surface area contributed by atoms with Gasteiger partial charge in [-0.05, 0) is 24.3 Å². The molecule has 2 saturated heterocycles. The Balaban J connectivity index is 1.62. The van der Waals surface area contributed by atoms with Crippen LogP contribution in [-0.4, -0.2) is 59.4 Å². The average molecular weight is 464 g/mol. The van der Waals surface area contributed by atoms with Crippen molar-refractivity contribution in [2.24, 2.45) is 12.5 Å². The highest BCUT2D eigenvalue weighted by Gasteiger charge is 2.64. The molecule has 0 aliphatic carbocycles. The van der Waals surface area contributed by atoms with Gasteiger partial charge in [0.1, 0.15) is 0 Å². The van der Waals surface area contributed by atoms with Crippen LogP contribution in [0.5, 0.6) is 0 Å². The molecule has 1 aromatic carbocycles. The number of amides is 2. The van der Waals surface area contributed by atoms with Crippen molar-refractivity contribution in [3.05, 3.63) is 53.9 Å². The number of nitrogens with one attached hydrogen (secondary N) is 1. The topological polar surface area (TPSA) is 76.5 Å². The van der Waals surface area contributed by atoms with Crippen LogP contribution in [0.3, 0.4) is 0 Å². The molecule has 2 aliphatic heterocycles. The molecule has 1 spiro atoms. The number of hydrogen-bond donors (Lipinski definition) is 1. The van der Waals surface area contributed by atoms with Gasteiger partial charge in [0, 0.05) is 63.6 Å². The molecule has 2 amide bonds. The number of nitrogens with zero attached hydrogens (tertiary/aromatic N) is 3. The summed E-state index contributed by atoms with van der Waals surface area (Å²) in [4.78, 5) is 26.9. The molecule has 1 aromatic heterocycles. The van der Waals surface area contributed by atoms with Crippen LogP contribution in [0.25, 0.3) is 0 Å². The van der Waals surface area contributed by atoms with Gasteiger partial charge in [-0.3, -0.25) is 14.3 Å². The van der Waals surface area contributed by atoms with Crippen LogP contribution in [0.1, 0.15) is 36.4 Å². The lowest BCUT2D eigenvalue weighted by Crippen LogP contribution is -2.60. The van der Waals surface area contributed by atoms with Gasteiger partial charge < -0.3 is 15.0 Å². The van der Waals surface area contributed by atoms with E-state index in [4.69, 9.17) is 4.74 Å². The third-order valence-corrected chi connectivity index (χ3v) is 7.20. The first-order valence-electron chi connectivity index (χ1n) is 10.9. The SMILES string of the molecule is CO[C@@](C(=O)N1CCC2(CC1)CC(=O)NC[C@@H]2c1ccnn1C)(c1ccccc1)C(F)(F)F. The Labute approximate surface area is 189 Å². The van der Waals surface area contributed by atoms with Crippen molar-refractivity contribution in [1.29, 1.82) is 0 Å². The summed E-state index contributed by atoms with van der Waals surface area (Å²) in [7, 11) is 2.74. The molecular weight excluding hydrogens is 437 g/mol. The molecule has 0 bridgehead atoms. The van der Waals surface area contributed by atoms with Crippen molar-refractivity contribution in [2.45, 2.75) is 37.0 Å². The van der Waals surface area contributed by atoms with Gasteiger partial charge in [-0.1, -0.05) is 30.3 Å². The van der Waals surface area contributed by atoms with Crippen molar-refractivity contribution in [3.8, 4) is 0 Å². The van der Waals surface area contributed by atoms with Crippen LogP contribution in [0.4, 0.5) is 13.2 Å². The molecule has 2 aromatic rings. The fourth-order valence-corrected chi connectivity index (χ4v) is 5.39. The number of rotatable bonds is 4. The van der Waals surface area contributed by atoms with E-state index in [0.29, 0.717) is 19.4 Å². The van der Waals surface area contributed by atoms with E-state index in [-0.39, 0.29) is 36.9 Å². The Morgan fingerprint density at radius 2 is 1.85 bits per heavy atom. The fraction of sp³-hybridized carbons (Fsp3) is 0.522. The molecule has 0 saturated carbocycles. The first-order chi connectivity index (χ1) is 15.6. The number of aromatic nitrogens is 2. The maximum absolute atomic E-state index is 14.3. The van der Waals surface area contributed by atoms with E-state index in [9.17, 15) is 22.8 Å². The van der Waals surface area contributed by atoms with E-state index in [1.54, 1.807) is 16.9 Å². The molecule has 4 rings (SSSR count). The van der Waals surface area contributed by atoms with Gasteiger partial charge in [0.15, 0.2) is 0 Å². The van der Waals surface area contributed by atoms with Crippen LogP contribution in [0, 0.1) is 5.41 Å². The maximum atomic E-state index is 14.3. The number of alkyl halides is 3. The summed E-state index contributed by atoms with van der Waals surface area (Å²) in [5.41, 5.74) is -2.83. The summed E-state index contributed by atoms with van der Waals surface area (Å²) in [6.07, 6.45) is -2.17. The minimum atomic E-state index is -4.95. The zero-order valence-corrected chi connectivity index (χ0v) is 18.6. The summed E-state index contributed by atoms with van der Waals surface area (Å²) in [6.45, 7) is 0.643. The maximum Gasteiger partial charge on any atom is 0.430 e. The molecule has 2 fully saturated rings. The third kappa shape index (κ3) is 3.80. The van der Waals surface area contributed by atoms with Crippen LogP contribution in [0.2, 0.25) is 0 Å². The molecule has 33 heavy (non-hydrogen) atoms. The van der Waals surface area contributed by atoms with Gasteiger partial charge in [-0.15, -0.1) is 0 Å². The minimum Gasteiger partial charge on any atom is -0.356 e. The van der Waals surface area contributed by atoms with Gasteiger partial charge in [0.2, 0.25) is 5.91 Å². The highest BCUT2D eigenvalue weighted by atomic mass is 19.4. The summed E-state index contributed by atoms with van der Waals surface area (Å²) < 4.78 is 49.7. The Bertz CT molecular complexity index is 1020. The highest BCUT2D eigenvalue weighted by Crippen LogP contribution is 2.50. The minimum absolute atomic E-state index is 0.0381. The molecule has 2 aliphatic rings. The van der Waals surface area contributed by atoms with E-state index in [1.165, 1.54) is 29.2 Å². The van der Waals surface area contributed by atoms with Crippen molar-refractivity contribution >= 4 is 11.8 Å². The van der Waals surface area contributed by atoms with Gasteiger partial charge >= 0.3 is 6.18 Å². The number of carbonyl (C=O) groups excluding carboxylic acids is 2. The largest absolute Gasteiger partial charge is 0.430 e. The quantitative estimate of drug-likeness (QED) is 0.755. The van der Waals surface area contributed by atoms with Crippen LogP contribution in [0.15, 0.2) is 42.6 Å². The lowest BCUT2D eigenvalue weighted by atomic mass is 9.63. The van der Waals surface area contributed by atoms with Crippen molar-refractivity contribution < 1.29 is 27.5 Å². The number of ether oxygens (including phenoxy) is 1. The molecule has 1 N–H and O–H groups in total. The standard InChI is InChI=1S/C23H27F3N4O3/c1-29-18(8-11-28-29)17-15-27-19(31)14-21(17)9-12-30(13-10-21)20(32)22(33-2,23(24,25)26)16-6-4-3-5-7-16/h3-8,11,17H,9-10,12-15H2,1-2H3,(H,27,31)/t17-,22-/m1/s1. The lowest BCUT2D eigenvalue weighted by Gasteiger charge is -2.49. The number of piperidine rings is 2. The predicted octanol–water partition coefficient (Wildman–Crippen LogP) is 2.74. The van der Waals surface area contributed by atoms with Crippen LogP contribution < -0.4 is 5.32 Å². The number of methoxy groups -OCH3 is 1. The van der Waals surface area contributed by atoms with E-state index in [1.807, 2.05) is 13.1 Å². The van der Waals surface area contributed by atoms with E-state index in [0.717, 1.165) is 12.8 Å². The molecule has 0 radical (unpaired) electrons. The normalized spacial score (nSPS) is 22.6. The van der Waals surface area contributed by atoms with Crippen LogP contribution >= 0.6 is 0 Å². The molecule has 10 heteroatoms. The Hall–Kier alpha value is -2.88. The number of aryl methyl sites for hydroxylation is 1. The van der Waals surface area contributed by atoms with Gasteiger partial charge in [0.05, 0.1) is 0 Å². The zero-order valence-electron chi connectivity index (χ0n) is 18.6. The molecule has 0 unspecified atom stereocenters. The number of likely N-dealkylation sites (tertiary alicyclic amines) is 1. The Morgan fingerprint density at radius 3 is 2.39 bits per heavy atom. The highest BCUT2D eigenvalue weighted by molar-refractivity contribution is 5.88. The monoisotopic (exact) mass is 464 g/mol. The van der Waals surface area contributed by atoms with Crippen LogP contribution in [-0.2, 0) is 27.0 Å². The fourth-order valence-electron chi connectivity index (χ4n) is 5.39. The second-order valence-corrected chi connectivity index (χ2v) is 8.82.